The molecule has 1 unspecified atom stereocenters. The van der Waals surface area contributed by atoms with Gasteiger partial charge in [0, 0.05) is 31.6 Å². The Morgan fingerprint density at radius 1 is 1.21 bits per heavy atom. The zero-order valence-corrected chi connectivity index (χ0v) is 18.0. The normalized spacial score (nSPS) is 19.3. The van der Waals surface area contributed by atoms with Crippen LogP contribution in [0.25, 0.3) is 0 Å². The van der Waals surface area contributed by atoms with E-state index in [0.29, 0.717) is 29.7 Å². The van der Waals surface area contributed by atoms with Crippen molar-refractivity contribution in [1.82, 2.24) is 10.1 Å². The number of ether oxygens (including phenoxy) is 2. The number of likely N-dealkylation sites (tertiary alicyclic amines) is 1. The van der Waals surface area contributed by atoms with E-state index in [1.165, 1.54) is 7.11 Å². The number of amides is 1. The second-order valence-electron chi connectivity index (χ2n) is 9.12. The Morgan fingerprint density at radius 3 is 2.32 bits per heavy atom. The predicted molar refractivity (Wildman–Crippen MR) is 104 cm³/mol. The van der Waals surface area contributed by atoms with E-state index in [9.17, 15) is 9.59 Å². The third-order valence-electron chi connectivity index (χ3n) is 5.10. The molecule has 1 amide bonds. The molecule has 28 heavy (non-hydrogen) atoms. The minimum atomic E-state index is -0.597. The van der Waals surface area contributed by atoms with Gasteiger partial charge in [-0.3, -0.25) is 4.79 Å². The van der Waals surface area contributed by atoms with Crippen molar-refractivity contribution in [3.63, 3.8) is 0 Å². The molecule has 0 N–H and O–H groups in total. The van der Waals surface area contributed by atoms with Crippen molar-refractivity contribution in [3.05, 3.63) is 10.8 Å². The first-order chi connectivity index (χ1) is 13.0. The minimum Gasteiger partial charge on any atom is -0.468 e. The van der Waals surface area contributed by atoms with Gasteiger partial charge in [-0.15, -0.1) is 0 Å². The van der Waals surface area contributed by atoms with Gasteiger partial charge < -0.3 is 23.8 Å². The van der Waals surface area contributed by atoms with Gasteiger partial charge >= 0.3 is 12.1 Å². The summed E-state index contributed by atoms with van der Waals surface area (Å²) < 4.78 is 15.7. The van der Waals surface area contributed by atoms with Crippen LogP contribution in [0.2, 0.25) is 5.02 Å². The van der Waals surface area contributed by atoms with Crippen LogP contribution >= 0.6 is 11.6 Å². The van der Waals surface area contributed by atoms with Crippen molar-refractivity contribution < 1.29 is 23.6 Å². The molecule has 9 heteroatoms. The monoisotopic (exact) mass is 413 g/mol. The average molecular weight is 414 g/mol. The highest BCUT2D eigenvalue weighted by molar-refractivity contribution is 6.33. The Bertz CT molecular complexity index is 756. The van der Waals surface area contributed by atoms with Crippen LogP contribution < -0.4 is 4.90 Å². The highest BCUT2D eigenvalue weighted by atomic mass is 35.5. The predicted octanol–water partition coefficient (Wildman–Crippen LogP) is 3.30. The second-order valence-corrected chi connectivity index (χ2v) is 9.50. The number of nitrogens with zero attached hydrogens (tertiary/aromatic N) is 3. The number of rotatable bonds is 4. The fourth-order valence-corrected chi connectivity index (χ4v) is 4.12. The van der Waals surface area contributed by atoms with E-state index in [1.807, 2.05) is 39.5 Å². The first-order valence-electron chi connectivity index (χ1n) is 9.42. The van der Waals surface area contributed by atoms with Crippen molar-refractivity contribution in [2.45, 2.75) is 46.1 Å². The van der Waals surface area contributed by atoms with Crippen LogP contribution in [-0.2, 0) is 14.3 Å². The number of carbonyl (C=O) groups is 2. The summed E-state index contributed by atoms with van der Waals surface area (Å²) in [7, 11) is 1.34. The molecule has 0 saturated carbocycles. The lowest BCUT2D eigenvalue weighted by Gasteiger charge is -2.59. The first-order valence-corrected chi connectivity index (χ1v) is 9.80. The molecule has 0 radical (unpaired) electrons. The fourth-order valence-electron chi connectivity index (χ4n) is 3.81. The zero-order valence-electron chi connectivity index (χ0n) is 17.2. The van der Waals surface area contributed by atoms with Gasteiger partial charge in [-0.25, -0.2) is 4.79 Å². The molecule has 1 spiro atoms. The lowest BCUT2D eigenvalue weighted by atomic mass is 9.73. The maximum atomic E-state index is 12.1. The molecule has 2 aliphatic rings. The summed E-state index contributed by atoms with van der Waals surface area (Å²) in [4.78, 5) is 27.9. The van der Waals surface area contributed by atoms with Gasteiger partial charge in [0.2, 0.25) is 0 Å². The number of methoxy groups -OCH3 is 1. The quantitative estimate of drug-likeness (QED) is 0.700. The fraction of sp³-hybridized carbons (Fsp3) is 0.737. The summed E-state index contributed by atoms with van der Waals surface area (Å²) in [6.45, 7) is 12.1. The first kappa shape index (κ1) is 20.8. The molecular formula is C19H28ClN3O5. The van der Waals surface area contributed by atoms with Crippen molar-refractivity contribution in [2.24, 2.45) is 11.3 Å². The van der Waals surface area contributed by atoms with E-state index >= 15 is 0 Å². The van der Waals surface area contributed by atoms with E-state index in [1.54, 1.807) is 4.90 Å². The van der Waals surface area contributed by atoms with Gasteiger partial charge in [0.1, 0.15) is 16.5 Å². The maximum absolute atomic E-state index is 12.1. The summed E-state index contributed by atoms with van der Waals surface area (Å²) in [5.74, 6) is -0.162. The van der Waals surface area contributed by atoms with Crippen molar-refractivity contribution >= 4 is 29.5 Å². The minimum absolute atomic E-state index is 0.0394. The van der Waals surface area contributed by atoms with Crippen LogP contribution in [-0.4, -0.2) is 61.0 Å². The van der Waals surface area contributed by atoms with E-state index in [0.717, 1.165) is 13.1 Å². The van der Waals surface area contributed by atoms with Crippen molar-refractivity contribution in [2.75, 3.05) is 38.2 Å². The van der Waals surface area contributed by atoms with Gasteiger partial charge in [-0.05, 0) is 26.7 Å². The molecule has 0 aliphatic carbocycles. The molecule has 2 aliphatic heterocycles. The molecule has 156 valence electrons. The SMILES string of the molecule is COC(=O)C(c1onc(N2CC3(CN(C(=O)OC(C)(C)C)C3)C2)c1Cl)C(C)C. The molecule has 3 rings (SSSR count). The van der Waals surface area contributed by atoms with Crippen LogP contribution in [0, 0.1) is 11.3 Å². The molecule has 1 aromatic heterocycles. The largest absolute Gasteiger partial charge is 0.468 e. The van der Waals surface area contributed by atoms with Gasteiger partial charge in [0.05, 0.1) is 7.11 Å². The number of hydrogen-bond donors (Lipinski definition) is 0. The highest BCUT2D eigenvalue weighted by Gasteiger charge is 2.55. The second kappa shape index (κ2) is 7.13. The maximum Gasteiger partial charge on any atom is 0.410 e. The van der Waals surface area contributed by atoms with E-state index in [4.69, 9.17) is 25.6 Å². The third-order valence-corrected chi connectivity index (χ3v) is 5.46. The molecule has 0 bridgehead atoms. The molecular weight excluding hydrogens is 386 g/mol. The van der Waals surface area contributed by atoms with Crippen LogP contribution in [0.15, 0.2) is 4.52 Å². The average Bonchev–Trinajstić information content (AvgIpc) is 2.84. The summed E-state index contributed by atoms with van der Waals surface area (Å²) in [6.07, 6.45) is -0.281. The summed E-state index contributed by atoms with van der Waals surface area (Å²) in [6, 6.07) is 0. The Morgan fingerprint density at radius 2 is 1.82 bits per heavy atom. The van der Waals surface area contributed by atoms with Gasteiger partial charge in [0.15, 0.2) is 11.6 Å². The smallest absolute Gasteiger partial charge is 0.410 e. The molecule has 1 atom stereocenters. The molecule has 8 nitrogen and oxygen atoms in total. The van der Waals surface area contributed by atoms with E-state index < -0.39 is 17.5 Å². The molecule has 1 aromatic rings. The Balaban J connectivity index is 1.61. The van der Waals surface area contributed by atoms with Gasteiger partial charge in [0.25, 0.3) is 0 Å². The number of hydrogen-bond acceptors (Lipinski definition) is 7. The standard InChI is InChI=1S/C19H28ClN3O5/c1-11(2)12(16(24)26-6)14-13(20)15(21-28-14)22-7-19(8-22)9-23(10-19)17(25)27-18(3,4)5/h11-12H,7-10H2,1-6H3. The number of aromatic nitrogens is 1. The van der Waals surface area contributed by atoms with Crippen LogP contribution in [0.4, 0.5) is 10.6 Å². The Kier molecular flexibility index (Phi) is 5.29. The van der Waals surface area contributed by atoms with E-state index in [-0.39, 0.29) is 17.4 Å². The van der Waals surface area contributed by atoms with Crippen LogP contribution in [0.1, 0.15) is 46.3 Å². The van der Waals surface area contributed by atoms with Gasteiger partial charge in [-0.2, -0.15) is 0 Å². The van der Waals surface area contributed by atoms with Crippen molar-refractivity contribution in [1.29, 1.82) is 0 Å². The Hall–Kier alpha value is -1.96. The Labute approximate surface area is 170 Å². The number of halogens is 1. The molecule has 2 fully saturated rings. The van der Waals surface area contributed by atoms with Crippen LogP contribution in [0.3, 0.4) is 0 Å². The van der Waals surface area contributed by atoms with E-state index in [2.05, 4.69) is 5.16 Å². The van der Waals surface area contributed by atoms with Crippen molar-refractivity contribution in [3.8, 4) is 0 Å². The third kappa shape index (κ3) is 3.79. The lowest BCUT2D eigenvalue weighted by Crippen LogP contribution is -2.73. The number of esters is 1. The summed E-state index contributed by atoms with van der Waals surface area (Å²) >= 11 is 6.49. The van der Waals surface area contributed by atoms with Crippen LogP contribution in [0.5, 0.6) is 0 Å². The highest BCUT2D eigenvalue weighted by Crippen LogP contribution is 2.45. The van der Waals surface area contributed by atoms with Gasteiger partial charge in [-0.1, -0.05) is 30.6 Å². The number of carbonyl (C=O) groups excluding carboxylic acids is 2. The molecule has 2 saturated heterocycles. The number of anilines is 1. The topological polar surface area (TPSA) is 85.1 Å². The molecule has 0 aromatic carbocycles. The zero-order chi connectivity index (χ0) is 20.9. The summed E-state index contributed by atoms with van der Waals surface area (Å²) in [5.41, 5.74) is -0.456. The molecule has 3 heterocycles. The lowest BCUT2D eigenvalue weighted by molar-refractivity contribution is -0.144. The summed E-state index contributed by atoms with van der Waals surface area (Å²) in [5, 5.41) is 4.44.